The van der Waals surface area contributed by atoms with Crippen molar-refractivity contribution in [3.8, 4) is 0 Å². The molecule has 0 saturated heterocycles. The van der Waals surface area contributed by atoms with Crippen LogP contribution in [0.1, 0.15) is 12.5 Å². The van der Waals surface area contributed by atoms with Crippen molar-refractivity contribution >= 4 is 56.5 Å². The highest BCUT2D eigenvalue weighted by atomic mass is 32.2. The first kappa shape index (κ1) is 21.8. The Bertz CT molecular complexity index is 1330. The van der Waals surface area contributed by atoms with Gasteiger partial charge in [0.05, 0.1) is 17.8 Å². The van der Waals surface area contributed by atoms with E-state index < -0.39 is 0 Å². The van der Waals surface area contributed by atoms with E-state index in [0.29, 0.717) is 33.3 Å². The molecule has 2 heterocycles. The summed E-state index contributed by atoms with van der Waals surface area (Å²) in [6, 6.07) is 18.4. The van der Waals surface area contributed by atoms with Gasteiger partial charge in [-0.3, -0.25) is 19.0 Å². The Labute approximate surface area is 192 Å². The molecule has 0 aliphatic heterocycles. The van der Waals surface area contributed by atoms with Crippen molar-refractivity contribution in [3.63, 3.8) is 0 Å². The second-order valence-electron chi connectivity index (χ2n) is 7.01. The molecule has 2 aromatic heterocycles. The molecule has 0 unspecified atom stereocenters. The number of carbonyl (C=O) groups is 2. The molecule has 162 valence electrons. The number of aromatic nitrogens is 2. The van der Waals surface area contributed by atoms with Gasteiger partial charge in [0, 0.05) is 18.3 Å². The average Bonchev–Trinajstić information content (AvgIpc) is 3.24. The van der Waals surface area contributed by atoms with E-state index in [1.54, 1.807) is 28.8 Å². The Kier molecular flexibility index (Phi) is 6.67. The third kappa shape index (κ3) is 5.24. The SMILES string of the molecule is CC(=O)Nc1cccc(NC(=O)CSc2nc3ccsc3c(=O)n2Cc2ccccc2)c1. The first-order valence-electron chi connectivity index (χ1n) is 9.82. The number of carbonyl (C=O) groups excluding carboxylic acids is 2. The van der Waals surface area contributed by atoms with Crippen LogP contribution in [0, 0.1) is 0 Å². The number of fused-ring (bicyclic) bond motifs is 1. The van der Waals surface area contributed by atoms with Crippen LogP contribution >= 0.6 is 23.1 Å². The Morgan fingerprint density at radius 3 is 2.53 bits per heavy atom. The summed E-state index contributed by atoms with van der Waals surface area (Å²) in [6.45, 7) is 1.80. The Hall–Kier alpha value is -3.43. The summed E-state index contributed by atoms with van der Waals surface area (Å²) < 4.78 is 2.22. The fourth-order valence-corrected chi connectivity index (χ4v) is 4.72. The molecule has 0 atom stereocenters. The topological polar surface area (TPSA) is 93.1 Å². The molecule has 0 radical (unpaired) electrons. The molecule has 0 spiro atoms. The van der Waals surface area contributed by atoms with Crippen molar-refractivity contribution in [1.29, 1.82) is 0 Å². The third-order valence-electron chi connectivity index (χ3n) is 4.51. The summed E-state index contributed by atoms with van der Waals surface area (Å²) in [5.41, 5.74) is 2.68. The van der Waals surface area contributed by atoms with Gasteiger partial charge in [-0.1, -0.05) is 48.2 Å². The van der Waals surface area contributed by atoms with Crippen LogP contribution in [-0.2, 0) is 16.1 Å². The van der Waals surface area contributed by atoms with Crippen molar-refractivity contribution in [3.05, 3.63) is 82.0 Å². The predicted octanol–water partition coefficient (Wildman–Crippen LogP) is 4.20. The summed E-state index contributed by atoms with van der Waals surface area (Å²) in [7, 11) is 0. The molecule has 0 saturated carbocycles. The second kappa shape index (κ2) is 9.80. The maximum absolute atomic E-state index is 13.1. The van der Waals surface area contributed by atoms with Gasteiger partial charge in [-0.25, -0.2) is 4.98 Å². The van der Waals surface area contributed by atoms with Gasteiger partial charge in [-0.2, -0.15) is 0 Å². The lowest BCUT2D eigenvalue weighted by Gasteiger charge is -2.12. The maximum Gasteiger partial charge on any atom is 0.272 e. The number of rotatable bonds is 7. The number of thioether (sulfide) groups is 1. The molecular formula is C23H20N4O3S2. The number of anilines is 2. The minimum absolute atomic E-state index is 0.0846. The van der Waals surface area contributed by atoms with Crippen LogP contribution in [0.2, 0.25) is 0 Å². The molecule has 2 N–H and O–H groups in total. The second-order valence-corrected chi connectivity index (χ2v) is 8.86. The number of hydrogen-bond donors (Lipinski definition) is 2. The lowest BCUT2D eigenvalue weighted by molar-refractivity contribution is -0.114. The summed E-state index contributed by atoms with van der Waals surface area (Å²) in [6.07, 6.45) is 0. The summed E-state index contributed by atoms with van der Waals surface area (Å²) in [4.78, 5) is 41.5. The summed E-state index contributed by atoms with van der Waals surface area (Å²) in [5, 5.41) is 7.84. The van der Waals surface area contributed by atoms with Crippen LogP contribution in [-0.4, -0.2) is 27.1 Å². The number of nitrogens with one attached hydrogen (secondary N) is 2. The minimum atomic E-state index is -0.235. The Morgan fingerprint density at radius 2 is 1.78 bits per heavy atom. The number of benzene rings is 2. The van der Waals surface area contributed by atoms with Crippen molar-refractivity contribution in [2.24, 2.45) is 0 Å². The van der Waals surface area contributed by atoms with Crippen molar-refractivity contribution in [2.45, 2.75) is 18.6 Å². The van der Waals surface area contributed by atoms with Gasteiger partial charge in [0.2, 0.25) is 11.8 Å². The normalized spacial score (nSPS) is 10.8. The number of amides is 2. The first-order valence-corrected chi connectivity index (χ1v) is 11.7. The van der Waals surface area contributed by atoms with E-state index in [1.807, 2.05) is 41.8 Å². The lowest BCUT2D eigenvalue weighted by atomic mass is 10.2. The van der Waals surface area contributed by atoms with Gasteiger partial charge in [0.1, 0.15) is 4.70 Å². The van der Waals surface area contributed by atoms with Gasteiger partial charge in [-0.05, 0) is 35.2 Å². The predicted molar refractivity (Wildman–Crippen MR) is 130 cm³/mol. The standard InChI is InChI=1S/C23H20N4O3S2/c1-15(28)24-17-8-5-9-18(12-17)25-20(29)14-32-23-26-19-10-11-31-21(19)22(30)27(23)13-16-6-3-2-4-7-16/h2-12H,13-14H2,1H3,(H,24,28)(H,25,29). The molecule has 2 aromatic carbocycles. The van der Waals surface area contributed by atoms with E-state index in [9.17, 15) is 14.4 Å². The minimum Gasteiger partial charge on any atom is -0.326 e. The van der Waals surface area contributed by atoms with E-state index in [2.05, 4.69) is 15.6 Å². The number of nitrogens with zero attached hydrogens (tertiary/aromatic N) is 2. The molecule has 0 bridgehead atoms. The van der Waals surface area contributed by atoms with Gasteiger partial charge >= 0.3 is 0 Å². The number of hydrogen-bond acceptors (Lipinski definition) is 6. The zero-order chi connectivity index (χ0) is 22.5. The van der Waals surface area contributed by atoms with E-state index in [4.69, 9.17) is 0 Å². The molecular weight excluding hydrogens is 444 g/mol. The van der Waals surface area contributed by atoms with Gasteiger partial charge in [0.25, 0.3) is 5.56 Å². The van der Waals surface area contributed by atoms with Crippen LogP contribution in [0.25, 0.3) is 10.2 Å². The fraction of sp³-hybridized carbons (Fsp3) is 0.130. The molecule has 9 heteroatoms. The number of thiophene rings is 1. The zero-order valence-electron chi connectivity index (χ0n) is 17.2. The monoisotopic (exact) mass is 464 g/mol. The van der Waals surface area contributed by atoms with Gasteiger partial charge in [0.15, 0.2) is 5.16 Å². The quantitative estimate of drug-likeness (QED) is 0.316. The van der Waals surface area contributed by atoms with E-state index in [0.717, 1.165) is 5.56 Å². The van der Waals surface area contributed by atoms with Crippen molar-refractivity contribution in [2.75, 3.05) is 16.4 Å². The van der Waals surface area contributed by atoms with E-state index >= 15 is 0 Å². The highest BCUT2D eigenvalue weighted by Gasteiger charge is 2.15. The zero-order valence-corrected chi connectivity index (χ0v) is 18.8. The molecule has 7 nitrogen and oxygen atoms in total. The average molecular weight is 465 g/mol. The first-order chi connectivity index (χ1) is 15.5. The largest absolute Gasteiger partial charge is 0.326 e. The van der Waals surface area contributed by atoms with Gasteiger partial charge < -0.3 is 10.6 Å². The lowest BCUT2D eigenvalue weighted by Crippen LogP contribution is -2.24. The Morgan fingerprint density at radius 1 is 1.03 bits per heavy atom. The van der Waals surface area contributed by atoms with E-state index in [-0.39, 0.29) is 23.1 Å². The highest BCUT2D eigenvalue weighted by molar-refractivity contribution is 7.99. The van der Waals surface area contributed by atoms with Crippen LogP contribution < -0.4 is 16.2 Å². The third-order valence-corrected chi connectivity index (χ3v) is 6.38. The van der Waals surface area contributed by atoms with Crippen LogP contribution in [0.5, 0.6) is 0 Å². The molecule has 0 aliphatic carbocycles. The van der Waals surface area contributed by atoms with Gasteiger partial charge in [-0.15, -0.1) is 11.3 Å². The molecule has 0 fully saturated rings. The summed E-state index contributed by atoms with van der Waals surface area (Å²) in [5.74, 6) is -0.336. The van der Waals surface area contributed by atoms with E-state index in [1.165, 1.54) is 30.0 Å². The molecule has 0 aliphatic rings. The Balaban J connectivity index is 1.52. The van der Waals surface area contributed by atoms with Crippen LogP contribution in [0.4, 0.5) is 11.4 Å². The molecule has 2 amide bonds. The smallest absolute Gasteiger partial charge is 0.272 e. The fourth-order valence-electron chi connectivity index (χ4n) is 3.14. The van der Waals surface area contributed by atoms with Crippen molar-refractivity contribution in [1.82, 2.24) is 9.55 Å². The van der Waals surface area contributed by atoms with Crippen molar-refractivity contribution < 1.29 is 9.59 Å². The van der Waals surface area contributed by atoms with Crippen LogP contribution in [0.3, 0.4) is 0 Å². The van der Waals surface area contributed by atoms with Crippen LogP contribution in [0.15, 0.2) is 76.0 Å². The molecule has 32 heavy (non-hydrogen) atoms. The summed E-state index contributed by atoms with van der Waals surface area (Å²) >= 11 is 2.58. The highest BCUT2D eigenvalue weighted by Crippen LogP contribution is 2.22. The maximum atomic E-state index is 13.1. The molecule has 4 aromatic rings. The molecule has 4 rings (SSSR count).